The quantitative estimate of drug-likeness (QED) is 0.710. The molecule has 25 heavy (non-hydrogen) atoms. The Morgan fingerprint density at radius 1 is 1.04 bits per heavy atom. The van der Waals surface area contributed by atoms with Crippen LogP contribution in [0.2, 0.25) is 0 Å². The Bertz CT molecular complexity index is 941. The summed E-state index contributed by atoms with van der Waals surface area (Å²) < 4.78 is 38.9. The number of hydrazine groups is 1. The Morgan fingerprint density at radius 3 is 2.52 bits per heavy atom. The van der Waals surface area contributed by atoms with Gasteiger partial charge in [-0.2, -0.15) is 13.2 Å². The smallest absolute Gasteiger partial charge is 0.281 e. The molecule has 0 atom stereocenters. The van der Waals surface area contributed by atoms with E-state index in [-0.39, 0.29) is 11.3 Å². The second-order valence-corrected chi connectivity index (χ2v) is 5.36. The predicted octanol–water partition coefficient (Wildman–Crippen LogP) is 3.71. The molecular weight excluding hydrogens is 333 g/mol. The SMILES string of the molecule is Cc1cccc(C(=O)NNc2nc(C(F)(F)F)nc3ccccc23)c1. The molecule has 3 aromatic rings. The van der Waals surface area contributed by atoms with Gasteiger partial charge in [-0.25, -0.2) is 9.97 Å². The number of aryl methyl sites for hydroxylation is 1. The van der Waals surface area contributed by atoms with E-state index in [1.54, 1.807) is 36.4 Å². The van der Waals surface area contributed by atoms with Gasteiger partial charge in [-0.3, -0.25) is 15.6 Å². The normalized spacial score (nSPS) is 11.4. The molecule has 0 aliphatic heterocycles. The molecule has 2 N–H and O–H groups in total. The number of anilines is 1. The second-order valence-electron chi connectivity index (χ2n) is 5.36. The van der Waals surface area contributed by atoms with E-state index in [4.69, 9.17) is 0 Å². The molecule has 3 rings (SSSR count). The first kappa shape index (κ1) is 16.7. The van der Waals surface area contributed by atoms with Gasteiger partial charge in [-0.15, -0.1) is 0 Å². The number of rotatable bonds is 3. The van der Waals surface area contributed by atoms with Crippen LogP contribution in [0.25, 0.3) is 10.9 Å². The topological polar surface area (TPSA) is 66.9 Å². The lowest BCUT2D eigenvalue weighted by molar-refractivity contribution is -0.144. The van der Waals surface area contributed by atoms with Gasteiger partial charge in [-0.05, 0) is 31.2 Å². The highest BCUT2D eigenvalue weighted by Crippen LogP contribution is 2.29. The molecule has 0 aliphatic rings. The Kier molecular flexibility index (Phi) is 4.26. The van der Waals surface area contributed by atoms with Gasteiger partial charge >= 0.3 is 6.18 Å². The molecule has 0 saturated heterocycles. The van der Waals surface area contributed by atoms with Gasteiger partial charge in [0.1, 0.15) is 0 Å². The van der Waals surface area contributed by atoms with Crippen LogP contribution in [-0.4, -0.2) is 15.9 Å². The average Bonchev–Trinajstić information content (AvgIpc) is 2.58. The number of carbonyl (C=O) groups excluding carboxylic acids is 1. The van der Waals surface area contributed by atoms with Crippen molar-refractivity contribution < 1.29 is 18.0 Å². The van der Waals surface area contributed by atoms with Gasteiger partial charge in [0.25, 0.3) is 5.91 Å². The predicted molar refractivity (Wildman–Crippen MR) is 86.8 cm³/mol. The lowest BCUT2D eigenvalue weighted by Gasteiger charge is -2.13. The van der Waals surface area contributed by atoms with Crippen molar-refractivity contribution in [2.45, 2.75) is 13.1 Å². The summed E-state index contributed by atoms with van der Waals surface area (Å²) in [7, 11) is 0. The van der Waals surface area contributed by atoms with Gasteiger partial charge in [0.05, 0.1) is 5.52 Å². The summed E-state index contributed by atoms with van der Waals surface area (Å²) in [6.45, 7) is 1.83. The van der Waals surface area contributed by atoms with Gasteiger partial charge < -0.3 is 0 Å². The van der Waals surface area contributed by atoms with E-state index in [1.807, 2.05) is 13.0 Å². The molecule has 0 radical (unpaired) electrons. The molecule has 1 amide bonds. The highest BCUT2D eigenvalue weighted by molar-refractivity contribution is 5.96. The number of nitrogens with zero attached hydrogens (tertiary/aromatic N) is 2. The van der Waals surface area contributed by atoms with Crippen LogP contribution in [0.15, 0.2) is 48.5 Å². The zero-order valence-corrected chi connectivity index (χ0v) is 13.1. The summed E-state index contributed by atoms with van der Waals surface area (Å²) in [6.07, 6.45) is -4.69. The van der Waals surface area contributed by atoms with E-state index < -0.39 is 17.9 Å². The highest BCUT2D eigenvalue weighted by atomic mass is 19.4. The van der Waals surface area contributed by atoms with Crippen LogP contribution < -0.4 is 10.9 Å². The number of hydrogen-bond acceptors (Lipinski definition) is 4. The molecule has 0 saturated carbocycles. The summed E-state index contributed by atoms with van der Waals surface area (Å²) in [5, 5.41) is 0.361. The minimum absolute atomic E-state index is 0.122. The molecule has 0 unspecified atom stereocenters. The first-order valence-corrected chi connectivity index (χ1v) is 7.31. The van der Waals surface area contributed by atoms with Crippen LogP contribution in [0.4, 0.5) is 19.0 Å². The molecule has 8 heteroatoms. The van der Waals surface area contributed by atoms with Crippen molar-refractivity contribution in [2.24, 2.45) is 0 Å². The molecule has 128 valence electrons. The third-order valence-electron chi connectivity index (χ3n) is 3.43. The molecule has 0 bridgehead atoms. The van der Waals surface area contributed by atoms with E-state index in [1.165, 1.54) is 6.07 Å². The summed E-state index contributed by atoms with van der Waals surface area (Å²) in [4.78, 5) is 19.2. The highest BCUT2D eigenvalue weighted by Gasteiger charge is 2.35. The number of halogens is 3. The van der Waals surface area contributed by atoms with E-state index in [2.05, 4.69) is 20.8 Å². The van der Waals surface area contributed by atoms with Crippen molar-refractivity contribution in [1.82, 2.24) is 15.4 Å². The average molecular weight is 346 g/mol. The number of fused-ring (bicyclic) bond motifs is 1. The maximum absolute atomic E-state index is 13.0. The van der Waals surface area contributed by atoms with Crippen LogP contribution >= 0.6 is 0 Å². The zero-order valence-electron chi connectivity index (χ0n) is 13.1. The first-order valence-electron chi connectivity index (χ1n) is 7.31. The van der Waals surface area contributed by atoms with Crippen molar-refractivity contribution in [2.75, 3.05) is 5.43 Å². The first-order chi connectivity index (χ1) is 11.8. The lowest BCUT2D eigenvalue weighted by Crippen LogP contribution is -2.30. The molecule has 2 aromatic carbocycles. The minimum atomic E-state index is -4.69. The number of amides is 1. The fourth-order valence-corrected chi connectivity index (χ4v) is 2.27. The van der Waals surface area contributed by atoms with Crippen molar-refractivity contribution >= 4 is 22.6 Å². The molecule has 0 fully saturated rings. The van der Waals surface area contributed by atoms with Gasteiger partial charge in [0.15, 0.2) is 5.82 Å². The van der Waals surface area contributed by atoms with Gasteiger partial charge in [0, 0.05) is 10.9 Å². The summed E-state index contributed by atoms with van der Waals surface area (Å²) in [6, 6.07) is 13.0. The van der Waals surface area contributed by atoms with Gasteiger partial charge in [0.2, 0.25) is 5.82 Å². The second kappa shape index (κ2) is 6.39. The molecule has 0 spiro atoms. The Balaban J connectivity index is 1.91. The molecule has 0 aliphatic carbocycles. The summed E-state index contributed by atoms with van der Waals surface area (Å²) >= 11 is 0. The Hall–Kier alpha value is -3.16. The van der Waals surface area contributed by atoms with E-state index in [9.17, 15) is 18.0 Å². The van der Waals surface area contributed by atoms with Crippen molar-refractivity contribution in [3.63, 3.8) is 0 Å². The Labute approximate surface area is 140 Å². The van der Waals surface area contributed by atoms with E-state index >= 15 is 0 Å². The van der Waals surface area contributed by atoms with Crippen LogP contribution in [0, 0.1) is 6.92 Å². The number of nitrogens with one attached hydrogen (secondary N) is 2. The number of benzene rings is 2. The van der Waals surface area contributed by atoms with Crippen molar-refractivity contribution in [1.29, 1.82) is 0 Å². The molecule has 1 aromatic heterocycles. The number of alkyl halides is 3. The molecule has 1 heterocycles. The Morgan fingerprint density at radius 2 is 1.80 bits per heavy atom. The fourth-order valence-electron chi connectivity index (χ4n) is 2.27. The zero-order chi connectivity index (χ0) is 18.0. The van der Waals surface area contributed by atoms with Crippen LogP contribution in [0.1, 0.15) is 21.7 Å². The van der Waals surface area contributed by atoms with Gasteiger partial charge in [-0.1, -0.05) is 29.8 Å². The van der Waals surface area contributed by atoms with Crippen LogP contribution in [0.5, 0.6) is 0 Å². The third kappa shape index (κ3) is 3.68. The fraction of sp³-hybridized carbons (Fsp3) is 0.118. The maximum atomic E-state index is 13.0. The lowest BCUT2D eigenvalue weighted by atomic mass is 10.1. The number of hydrogen-bond donors (Lipinski definition) is 2. The number of carbonyl (C=O) groups is 1. The number of aromatic nitrogens is 2. The van der Waals surface area contributed by atoms with Crippen molar-refractivity contribution in [3.8, 4) is 0 Å². The van der Waals surface area contributed by atoms with E-state index in [0.29, 0.717) is 10.9 Å². The summed E-state index contributed by atoms with van der Waals surface area (Å²) in [5.41, 5.74) is 6.22. The minimum Gasteiger partial charge on any atom is -0.281 e. The van der Waals surface area contributed by atoms with Crippen LogP contribution in [-0.2, 0) is 6.18 Å². The third-order valence-corrected chi connectivity index (χ3v) is 3.43. The monoisotopic (exact) mass is 346 g/mol. The maximum Gasteiger partial charge on any atom is 0.451 e. The number of para-hydroxylation sites is 1. The largest absolute Gasteiger partial charge is 0.451 e. The van der Waals surface area contributed by atoms with Crippen molar-refractivity contribution in [3.05, 3.63) is 65.5 Å². The van der Waals surface area contributed by atoms with E-state index in [0.717, 1.165) is 5.56 Å². The molecule has 5 nitrogen and oxygen atoms in total. The van der Waals surface area contributed by atoms with Crippen LogP contribution in [0.3, 0.4) is 0 Å². The standard InChI is InChI=1S/C17H13F3N4O/c1-10-5-4-6-11(9-10)15(25)24-23-14-12-7-2-3-8-13(12)21-16(22-14)17(18,19)20/h2-9H,1H3,(H,24,25)(H,21,22,23). The molecular formula is C17H13F3N4O. The summed E-state index contributed by atoms with van der Waals surface area (Å²) in [5.74, 6) is -1.89.